The Labute approximate surface area is 169 Å². The maximum Gasteiger partial charge on any atom is 0.222 e. The molecule has 146 valence electrons. The van der Waals surface area contributed by atoms with Crippen LogP contribution < -0.4 is 15.4 Å². The lowest BCUT2D eigenvalue weighted by atomic mass is 10.1. The topological polar surface area (TPSA) is 84.9 Å². The molecule has 3 rings (SSSR count). The van der Waals surface area contributed by atoms with Crippen molar-refractivity contribution in [2.24, 2.45) is 5.92 Å². The quantitative estimate of drug-likeness (QED) is 0.528. The zero-order chi connectivity index (χ0) is 19.8. The molecule has 0 saturated carbocycles. The SMILES string of the molecule is COc1ncccc1-c1ccc(NCC(C)CNc2ncc(SC)cn2)nc1. The number of aromatic nitrogens is 4. The first kappa shape index (κ1) is 19.9. The molecule has 0 aliphatic rings. The Morgan fingerprint density at radius 1 is 1.00 bits per heavy atom. The Balaban J connectivity index is 1.50. The van der Waals surface area contributed by atoms with Crippen molar-refractivity contribution >= 4 is 23.5 Å². The normalized spacial score (nSPS) is 11.7. The number of thioether (sulfide) groups is 1. The fraction of sp³-hybridized carbons (Fsp3) is 0.300. The van der Waals surface area contributed by atoms with Crippen molar-refractivity contribution in [1.82, 2.24) is 19.9 Å². The highest BCUT2D eigenvalue weighted by atomic mass is 32.2. The van der Waals surface area contributed by atoms with Gasteiger partial charge in [-0.05, 0) is 36.4 Å². The van der Waals surface area contributed by atoms with Gasteiger partial charge in [0.15, 0.2) is 0 Å². The van der Waals surface area contributed by atoms with Gasteiger partial charge in [-0.15, -0.1) is 11.8 Å². The van der Waals surface area contributed by atoms with E-state index in [9.17, 15) is 0 Å². The lowest BCUT2D eigenvalue weighted by Crippen LogP contribution is -2.20. The van der Waals surface area contributed by atoms with Crippen LogP contribution in [0.5, 0.6) is 5.88 Å². The summed E-state index contributed by atoms with van der Waals surface area (Å²) in [7, 11) is 1.62. The maximum absolute atomic E-state index is 5.31. The Morgan fingerprint density at radius 3 is 2.46 bits per heavy atom. The van der Waals surface area contributed by atoms with E-state index in [0.717, 1.165) is 34.9 Å². The highest BCUT2D eigenvalue weighted by molar-refractivity contribution is 7.98. The van der Waals surface area contributed by atoms with E-state index in [1.807, 2.05) is 49.1 Å². The molecule has 8 heteroatoms. The van der Waals surface area contributed by atoms with Gasteiger partial charge in [-0.1, -0.05) is 6.92 Å². The van der Waals surface area contributed by atoms with E-state index in [0.29, 0.717) is 17.7 Å². The van der Waals surface area contributed by atoms with Gasteiger partial charge in [0.05, 0.1) is 7.11 Å². The minimum absolute atomic E-state index is 0.378. The number of methoxy groups -OCH3 is 1. The molecule has 0 aliphatic heterocycles. The lowest BCUT2D eigenvalue weighted by molar-refractivity contribution is 0.399. The summed E-state index contributed by atoms with van der Waals surface area (Å²) in [5, 5.41) is 6.63. The van der Waals surface area contributed by atoms with E-state index >= 15 is 0 Å². The standard InChI is InChI=1S/C20H24N6OS/c1-14(10-24-20-25-12-16(28-3)13-26-20)9-22-18-7-6-15(11-23-18)17-5-4-8-21-19(17)27-2/h4-8,11-14H,9-10H2,1-3H3,(H,22,23)(H,24,25,26). The Hall–Kier alpha value is -2.87. The summed E-state index contributed by atoms with van der Waals surface area (Å²) in [5.41, 5.74) is 1.89. The van der Waals surface area contributed by atoms with Crippen LogP contribution in [-0.2, 0) is 0 Å². The van der Waals surface area contributed by atoms with Crippen LogP contribution in [0, 0.1) is 5.92 Å². The monoisotopic (exact) mass is 396 g/mol. The van der Waals surface area contributed by atoms with Crippen molar-refractivity contribution < 1.29 is 4.74 Å². The number of nitrogens with one attached hydrogen (secondary N) is 2. The molecule has 0 radical (unpaired) electrons. The van der Waals surface area contributed by atoms with Gasteiger partial charge in [-0.2, -0.15) is 0 Å². The van der Waals surface area contributed by atoms with Crippen LogP contribution in [0.2, 0.25) is 0 Å². The van der Waals surface area contributed by atoms with Crippen molar-refractivity contribution in [3.63, 3.8) is 0 Å². The van der Waals surface area contributed by atoms with Crippen LogP contribution in [0.15, 0.2) is 53.9 Å². The van der Waals surface area contributed by atoms with E-state index < -0.39 is 0 Å². The number of pyridine rings is 2. The van der Waals surface area contributed by atoms with Gasteiger partial charge in [0.2, 0.25) is 11.8 Å². The second-order valence-corrected chi connectivity index (χ2v) is 7.19. The molecule has 1 unspecified atom stereocenters. The van der Waals surface area contributed by atoms with E-state index in [1.165, 1.54) is 0 Å². The summed E-state index contributed by atoms with van der Waals surface area (Å²) < 4.78 is 5.31. The largest absolute Gasteiger partial charge is 0.481 e. The van der Waals surface area contributed by atoms with Gasteiger partial charge in [-0.25, -0.2) is 19.9 Å². The van der Waals surface area contributed by atoms with E-state index in [4.69, 9.17) is 4.74 Å². The van der Waals surface area contributed by atoms with Crippen LogP contribution in [0.4, 0.5) is 11.8 Å². The number of ether oxygens (including phenoxy) is 1. The van der Waals surface area contributed by atoms with Crippen molar-refractivity contribution in [2.45, 2.75) is 11.8 Å². The molecule has 0 bridgehead atoms. The van der Waals surface area contributed by atoms with Crippen molar-refractivity contribution in [3.8, 4) is 17.0 Å². The number of hydrogen-bond donors (Lipinski definition) is 2. The number of hydrogen-bond acceptors (Lipinski definition) is 8. The number of rotatable bonds is 9. The molecule has 3 heterocycles. The molecule has 3 aromatic rings. The zero-order valence-electron chi connectivity index (χ0n) is 16.2. The zero-order valence-corrected chi connectivity index (χ0v) is 17.0. The Bertz CT molecular complexity index is 873. The first-order valence-corrected chi connectivity index (χ1v) is 10.2. The average molecular weight is 397 g/mol. The van der Waals surface area contributed by atoms with Crippen LogP contribution in [0.25, 0.3) is 11.1 Å². The molecule has 0 aromatic carbocycles. The second-order valence-electron chi connectivity index (χ2n) is 6.31. The molecule has 0 spiro atoms. The van der Waals surface area contributed by atoms with Gasteiger partial charge in [0, 0.05) is 53.9 Å². The van der Waals surface area contributed by atoms with Gasteiger partial charge in [-0.3, -0.25) is 0 Å². The van der Waals surface area contributed by atoms with Gasteiger partial charge < -0.3 is 15.4 Å². The molecule has 0 amide bonds. The summed E-state index contributed by atoms with van der Waals surface area (Å²) in [6.45, 7) is 3.72. The summed E-state index contributed by atoms with van der Waals surface area (Å²) in [4.78, 5) is 18.4. The second kappa shape index (κ2) is 9.89. The fourth-order valence-corrected chi connectivity index (χ4v) is 2.88. The van der Waals surface area contributed by atoms with E-state index in [2.05, 4.69) is 37.5 Å². The first-order valence-electron chi connectivity index (χ1n) is 8.98. The highest BCUT2D eigenvalue weighted by Gasteiger charge is 2.08. The first-order chi connectivity index (χ1) is 13.7. The molecule has 3 aromatic heterocycles. The molecule has 0 aliphatic carbocycles. The van der Waals surface area contributed by atoms with Crippen LogP contribution in [0.3, 0.4) is 0 Å². The predicted molar refractivity (Wildman–Crippen MR) is 114 cm³/mol. The smallest absolute Gasteiger partial charge is 0.222 e. The highest BCUT2D eigenvalue weighted by Crippen LogP contribution is 2.27. The van der Waals surface area contributed by atoms with Crippen molar-refractivity contribution in [3.05, 3.63) is 49.1 Å². The third-order valence-electron chi connectivity index (χ3n) is 4.14. The predicted octanol–water partition coefficient (Wildman–Crippen LogP) is 3.82. The molecule has 2 N–H and O–H groups in total. The summed E-state index contributed by atoms with van der Waals surface area (Å²) in [6.07, 6.45) is 9.19. The maximum atomic E-state index is 5.31. The van der Waals surface area contributed by atoms with Crippen molar-refractivity contribution in [2.75, 3.05) is 37.1 Å². The fourth-order valence-electron chi connectivity index (χ4n) is 2.56. The molecule has 0 fully saturated rings. The third-order valence-corrected chi connectivity index (χ3v) is 4.83. The van der Waals surface area contributed by atoms with Gasteiger partial charge in [0.1, 0.15) is 5.82 Å². The molecule has 28 heavy (non-hydrogen) atoms. The molecule has 0 saturated heterocycles. The molecular weight excluding hydrogens is 372 g/mol. The number of anilines is 2. The summed E-state index contributed by atoms with van der Waals surface area (Å²) >= 11 is 1.63. The molecule has 1 atom stereocenters. The van der Waals surface area contributed by atoms with E-state index in [1.54, 1.807) is 25.1 Å². The van der Waals surface area contributed by atoms with Crippen LogP contribution in [-0.4, -0.2) is 46.4 Å². The Kier molecular flexibility index (Phi) is 7.02. The minimum Gasteiger partial charge on any atom is -0.481 e. The minimum atomic E-state index is 0.378. The van der Waals surface area contributed by atoms with Gasteiger partial charge >= 0.3 is 0 Å². The van der Waals surface area contributed by atoms with Crippen molar-refractivity contribution in [1.29, 1.82) is 0 Å². The van der Waals surface area contributed by atoms with Gasteiger partial charge in [0.25, 0.3) is 0 Å². The Morgan fingerprint density at radius 2 is 1.79 bits per heavy atom. The van der Waals surface area contributed by atoms with Crippen LogP contribution in [0.1, 0.15) is 6.92 Å². The number of nitrogens with zero attached hydrogens (tertiary/aromatic N) is 4. The third kappa shape index (κ3) is 5.32. The average Bonchev–Trinajstić information content (AvgIpc) is 2.77. The summed E-state index contributed by atoms with van der Waals surface area (Å²) in [5.74, 6) is 2.46. The molecule has 7 nitrogen and oxygen atoms in total. The van der Waals surface area contributed by atoms with E-state index in [-0.39, 0.29) is 0 Å². The molecular formula is C20H24N6OS. The lowest BCUT2D eigenvalue weighted by Gasteiger charge is -2.14. The summed E-state index contributed by atoms with van der Waals surface area (Å²) in [6, 6.07) is 7.83. The van der Waals surface area contributed by atoms with Crippen LogP contribution >= 0.6 is 11.8 Å².